The number of hydrogen-bond donors (Lipinski definition) is 0. The highest BCUT2D eigenvalue weighted by Crippen LogP contribution is 2.28. The molecule has 0 bridgehead atoms. The normalized spacial score (nSPS) is 16.2. The highest BCUT2D eigenvalue weighted by Gasteiger charge is 2.15. The molecule has 0 amide bonds. The Kier molecular flexibility index (Phi) is 3.90. The van der Waals surface area contributed by atoms with Gasteiger partial charge < -0.3 is 4.90 Å². The summed E-state index contributed by atoms with van der Waals surface area (Å²) in [5, 5.41) is 14.3. The van der Waals surface area contributed by atoms with Gasteiger partial charge in [0.25, 0.3) is 0 Å². The molecule has 0 radical (unpaired) electrons. The van der Waals surface area contributed by atoms with Crippen LogP contribution in [-0.4, -0.2) is 57.0 Å². The summed E-state index contributed by atoms with van der Waals surface area (Å²) in [5.41, 5.74) is 4.44. The monoisotopic (exact) mass is 390 g/mol. The zero-order chi connectivity index (χ0) is 19.3. The molecule has 0 N–H and O–H groups in total. The average Bonchev–Trinajstić information content (AvgIpc) is 3.39. The summed E-state index contributed by atoms with van der Waals surface area (Å²) >= 11 is 1.68. The van der Waals surface area contributed by atoms with Gasteiger partial charge in [-0.25, -0.2) is 4.98 Å². The van der Waals surface area contributed by atoms with Crippen molar-refractivity contribution in [3.63, 3.8) is 0 Å². The minimum atomic E-state index is -0.0499. The van der Waals surface area contributed by atoms with Crippen LogP contribution in [0.25, 0.3) is 15.9 Å². The van der Waals surface area contributed by atoms with Crippen LogP contribution in [0, 0.1) is 0 Å². The predicted octanol–water partition coefficient (Wildman–Crippen LogP) is 2.61. The molecular formula is C19H18N8S. The summed E-state index contributed by atoms with van der Waals surface area (Å²) in [6, 6.07) is 10.1. The summed E-state index contributed by atoms with van der Waals surface area (Å²) in [4.78, 5) is 15.4. The molecule has 1 atom stereocenters. The Bertz CT molecular complexity index is 1250. The Morgan fingerprint density at radius 1 is 1.14 bits per heavy atom. The van der Waals surface area contributed by atoms with Gasteiger partial charge in [-0.1, -0.05) is 17.4 Å². The standard InChI is InChI=1S/C19H18N8S/c1-11-20-10-15(21-11)13-6-7-17-23-24-18(27(17)25-13)9-12-4-5-14-16(8-12)28-19(22-14)26(2)3/h4-8,10-11H,9H2,1-3H3. The SMILES string of the molecule is CC1N=CC(c2ccc3nnc(Cc4ccc5nc(N(C)C)sc5c4)n3n2)=N1. The molecule has 0 saturated heterocycles. The number of hydrogen-bond acceptors (Lipinski definition) is 8. The molecule has 28 heavy (non-hydrogen) atoms. The van der Waals surface area contributed by atoms with Crippen molar-refractivity contribution in [1.29, 1.82) is 0 Å². The van der Waals surface area contributed by atoms with Crippen molar-refractivity contribution in [1.82, 2.24) is 24.8 Å². The largest absolute Gasteiger partial charge is 0.354 e. The Balaban J connectivity index is 1.50. The minimum Gasteiger partial charge on any atom is -0.354 e. The highest BCUT2D eigenvalue weighted by molar-refractivity contribution is 7.22. The van der Waals surface area contributed by atoms with E-state index in [1.54, 1.807) is 22.1 Å². The molecule has 0 aliphatic carbocycles. The second-order valence-electron chi connectivity index (χ2n) is 6.90. The summed E-state index contributed by atoms with van der Waals surface area (Å²) < 4.78 is 2.95. The molecule has 9 heteroatoms. The molecule has 4 heterocycles. The first-order valence-corrected chi connectivity index (χ1v) is 9.78. The van der Waals surface area contributed by atoms with Gasteiger partial charge in [-0.2, -0.15) is 9.61 Å². The van der Waals surface area contributed by atoms with Gasteiger partial charge in [0, 0.05) is 20.5 Å². The van der Waals surface area contributed by atoms with E-state index < -0.39 is 0 Å². The van der Waals surface area contributed by atoms with Crippen molar-refractivity contribution in [2.24, 2.45) is 9.98 Å². The summed E-state index contributed by atoms with van der Waals surface area (Å²) in [5.74, 6) is 0.789. The molecule has 1 aromatic carbocycles. The van der Waals surface area contributed by atoms with E-state index in [1.807, 2.05) is 38.1 Å². The van der Waals surface area contributed by atoms with Gasteiger partial charge in [-0.05, 0) is 36.8 Å². The average molecular weight is 390 g/mol. The Hall–Kier alpha value is -3.20. The Morgan fingerprint density at radius 3 is 2.82 bits per heavy atom. The topological polar surface area (TPSA) is 83.9 Å². The van der Waals surface area contributed by atoms with Crippen LogP contribution in [0.5, 0.6) is 0 Å². The first-order chi connectivity index (χ1) is 13.6. The van der Waals surface area contributed by atoms with Crippen LogP contribution >= 0.6 is 11.3 Å². The van der Waals surface area contributed by atoms with Crippen molar-refractivity contribution < 1.29 is 0 Å². The maximum absolute atomic E-state index is 4.69. The fourth-order valence-electron chi connectivity index (χ4n) is 3.10. The Morgan fingerprint density at radius 2 is 2.04 bits per heavy atom. The third-order valence-electron chi connectivity index (χ3n) is 4.51. The molecule has 4 aromatic rings. The lowest BCUT2D eigenvalue weighted by molar-refractivity contribution is 0.811. The summed E-state index contributed by atoms with van der Waals surface area (Å²) in [6.07, 6.45) is 2.36. The summed E-state index contributed by atoms with van der Waals surface area (Å²) in [7, 11) is 4.01. The molecule has 1 unspecified atom stereocenters. The van der Waals surface area contributed by atoms with Crippen molar-refractivity contribution in [2.45, 2.75) is 19.5 Å². The lowest BCUT2D eigenvalue weighted by atomic mass is 10.1. The predicted molar refractivity (Wildman–Crippen MR) is 112 cm³/mol. The van der Waals surface area contributed by atoms with Crippen LogP contribution in [0.15, 0.2) is 40.3 Å². The number of anilines is 1. The highest BCUT2D eigenvalue weighted by atomic mass is 32.1. The van der Waals surface area contributed by atoms with Crippen molar-refractivity contribution in [3.05, 3.63) is 47.4 Å². The number of nitrogens with zero attached hydrogens (tertiary/aromatic N) is 8. The molecule has 1 aliphatic rings. The molecular weight excluding hydrogens is 372 g/mol. The van der Waals surface area contributed by atoms with Gasteiger partial charge in [-0.15, -0.1) is 10.2 Å². The third kappa shape index (κ3) is 2.93. The number of thiazole rings is 1. The first kappa shape index (κ1) is 16.9. The number of aliphatic imine (C=N–C) groups is 2. The van der Waals surface area contributed by atoms with Crippen LogP contribution < -0.4 is 4.90 Å². The molecule has 8 nitrogen and oxygen atoms in total. The lowest BCUT2D eigenvalue weighted by Crippen LogP contribution is -2.08. The van der Waals surface area contributed by atoms with Gasteiger partial charge in [0.1, 0.15) is 17.6 Å². The molecule has 1 aliphatic heterocycles. The van der Waals surface area contributed by atoms with E-state index in [9.17, 15) is 0 Å². The van der Waals surface area contributed by atoms with E-state index in [0.29, 0.717) is 6.42 Å². The van der Waals surface area contributed by atoms with Crippen LogP contribution in [-0.2, 0) is 6.42 Å². The van der Waals surface area contributed by atoms with E-state index >= 15 is 0 Å². The maximum atomic E-state index is 4.69. The molecule has 5 rings (SSSR count). The number of benzene rings is 1. The zero-order valence-electron chi connectivity index (χ0n) is 15.7. The number of aromatic nitrogens is 5. The molecule has 0 saturated carbocycles. The van der Waals surface area contributed by atoms with Crippen LogP contribution in [0.2, 0.25) is 0 Å². The van der Waals surface area contributed by atoms with Gasteiger partial charge in [-0.3, -0.25) is 9.98 Å². The second-order valence-corrected chi connectivity index (χ2v) is 7.91. The quantitative estimate of drug-likeness (QED) is 0.535. The third-order valence-corrected chi connectivity index (χ3v) is 5.70. The van der Waals surface area contributed by atoms with Crippen LogP contribution in [0.3, 0.4) is 0 Å². The van der Waals surface area contributed by atoms with E-state index in [4.69, 9.17) is 5.10 Å². The minimum absolute atomic E-state index is 0.0499. The van der Waals surface area contributed by atoms with E-state index in [1.165, 1.54) is 0 Å². The maximum Gasteiger partial charge on any atom is 0.185 e. The smallest absolute Gasteiger partial charge is 0.185 e. The van der Waals surface area contributed by atoms with E-state index in [-0.39, 0.29) is 6.17 Å². The molecule has 0 fully saturated rings. The van der Waals surface area contributed by atoms with Crippen molar-refractivity contribution in [3.8, 4) is 0 Å². The fourth-order valence-corrected chi connectivity index (χ4v) is 4.05. The number of fused-ring (bicyclic) bond motifs is 2. The fraction of sp³-hybridized carbons (Fsp3) is 0.263. The molecule has 3 aromatic heterocycles. The van der Waals surface area contributed by atoms with Gasteiger partial charge >= 0.3 is 0 Å². The van der Waals surface area contributed by atoms with E-state index in [2.05, 4.69) is 43.4 Å². The lowest BCUT2D eigenvalue weighted by Gasteiger charge is -2.04. The van der Waals surface area contributed by atoms with Crippen molar-refractivity contribution in [2.75, 3.05) is 19.0 Å². The Labute approximate surface area is 165 Å². The first-order valence-electron chi connectivity index (χ1n) is 8.96. The van der Waals surface area contributed by atoms with Gasteiger partial charge in [0.05, 0.1) is 16.4 Å². The van der Waals surface area contributed by atoms with Crippen molar-refractivity contribution >= 4 is 44.3 Å². The molecule has 140 valence electrons. The zero-order valence-corrected chi connectivity index (χ0v) is 16.6. The number of rotatable bonds is 4. The van der Waals surface area contributed by atoms with Gasteiger partial charge in [0.15, 0.2) is 16.6 Å². The summed E-state index contributed by atoms with van der Waals surface area (Å²) in [6.45, 7) is 1.95. The molecule has 0 spiro atoms. The van der Waals surface area contributed by atoms with Crippen LogP contribution in [0.1, 0.15) is 24.0 Å². The van der Waals surface area contributed by atoms with Crippen LogP contribution in [0.4, 0.5) is 5.13 Å². The van der Waals surface area contributed by atoms with E-state index in [0.717, 1.165) is 43.8 Å². The van der Waals surface area contributed by atoms with Gasteiger partial charge in [0.2, 0.25) is 0 Å². The second kappa shape index (κ2) is 6.45.